The molecule has 1 amide bonds. The summed E-state index contributed by atoms with van der Waals surface area (Å²) in [5.74, 6) is 7.50. The van der Waals surface area contributed by atoms with Gasteiger partial charge >= 0.3 is 0 Å². The maximum absolute atomic E-state index is 12.5. The zero-order valence-corrected chi connectivity index (χ0v) is 19.8. The van der Waals surface area contributed by atoms with Gasteiger partial charge in [0.05, 0.1) is 22.5 Å². The van der Waals surface area contributed by atoms with Crippen molar-refractivity contribution in [3.8, 4) is 11.8 Å². The van der Waals surface area contributed by atoms with Crippen LogP contribution in [-0.2, 0) is 4.79 Å². The molecule has 0 radical (unpaired) electrons. The Morgan fingerprint density at radius 1 is 1.25 bits per heavy atom. The maximum atomic E-state index is 12.5. The lowest BCUT2D eigenvalue weighted by Crippen LogP contribution is -2.27. The molecule has 9 heteroatoms. The predicted octanol–water partition coefficient (Wildman–Crippen LogP) is 3.59. The minimum Gasteiger partial charge on any atom is -0.440 e. The van der Waals surface area contributed by atoms with Gasteiger partial charge in [0, 0.05) is 30.8 Å². The van der Waals surface area contributed by atoms with Crippen LogP contribution >= 0.6 is 0 Å². The summed E-state index contributed by atoms with van der Waals surface area (Å²) in [4.78, 5) is 35.2. The van der Waals surface area contributed by atoms with E-state index in [0.29, 0.717) is 47.6 Å². The van der Waals surface area contributed by atoms with Crippen molar-refractivity contribution in [2.45, 2.75) is 38.1 Å². The van der Waals surface area contributed by atoms with Crippen LogP contribution in [0.5, 0.6) is 0 Å². The molecule has 0 spiro atoms. The summed E-state index contributed by atoms with van der Waals surface area (Å²) in [6.45, 7) is 6.10. The third-order valence-corrected chi connectivity index (χ3v) is 6.79. The number of nitrogen functional groups attached to an aromatic ring is 1. The molecule has 1 aliphatic carbocycles. The van der Waals surface area contributed by atoms with E-state index in [9.17, 15) is 9.59 Å². The lowest BCUT2D eigenvalue weighted by molar-refractivity contribution is -0.125. The quantitative estimate of drug-likeness (QED) is 0.269. The Hall–Kier alpha value is -4.45. The van der Waals surface area contributed by atoms with Crippen LogP contribution in [0.3, 0.4) is 0 Å². The van der Waals surface area contributed by atoms with Crippen molar-refractivity contribution < 1.29 is 14.0 Å². The Kier molecular flexibility index (Phi) is 5.11. The van der Waals surface area contributed by atoms with Crippen molar-refractivity contribution in [1.82, 2.24) is 24.6 Å². The molecule has 2 aliphatic rings. The lowest BCUT2D eigenvalue weighted by atomic mass is 10.1. The first-order valence-electron chi connectivity index (χ1n) is 11.9. The molecule has 0 unspecified atom stereocenters. The Bertz CT molecular complexity index is 1630. The van der Waals surface area contributed by atoms with Crippen molar-refractivity contribution in [3.05, 3.63) is 59.8 Å². The van der Waals surface area contributed by atoms with Crippen LogP contribution in [0.25, 0.3) is 22.0 Å². The van der Waals surface area contributed by atoms with E-state index < -0.39 is 0 Å². The fourth-order valence-electron chi connectivity index (χ4n) is 4.73. The van der Waals surface area contributed by atoms with Crippen LogP contribution in [0.15, 0.2) is 41.5 Å². The molecule has 1 aromatic carbocycles. The first kappa shape index (κ1) is 22.0. The van der Waals surface area contributed by atoms with Crippen LogP contribution in [0.2, 0.25) is 0 Å². The number of amides is 1. The van der Waals surface area contributed by atoms with E-state index in [4.69, 9.17) is 15.2 Å². The molecule has 2 N–H and O–H groups in total. The number of pyridine rings is 1. The van der Waals surface area contributed by atoms with E-state index in [1.807, 2.05) is 18.2 Å². The summed E-state index contributed by atoms with van der Waals surface area (Å²) in [6, 6.07) is 5.53. The highest BCUT2D eigenvalue weighted by atomic mass is 16.3. The normalized spacial score (nSPS) is 17.4. The van der Waals surface area contributed by atoms with Gasteiger partial charge < -0.3 is 15.1 Å². The van der Waals surface area contributed by atoms with Gasteiger partial charge in [0.15, 0.2) is 17.3 Å². The highest BCUT2D eigenvalue weighted by Crippen LogP contribution is 2.40. The zero-order valence-electron chi connectivity index (χ0n) is 19.8. The SMILES string of the molecule is C=CC(=O)N1CC[C@H](n2nc(C#Cc3ccc4oc(C5CC5)nc4c3)c3c(N)ncc(C(C)=O)c32)C1. The second-order valence-electron chi connectivity index (χ2n) is 9.32. The Morgan fingerprint density at radius 3 is 2.83 bits per heavy atom. The summed E-state index contributed by atoms with van der Waals surface area (Å²) in [7, 11) is 0. The van der Waals surface area contributed by atoms with Crippen LogP contribution in [-0.4, -0.2) is 49.4 Å². The van der Waals surface area contributed by atoms with E-state index in [1.165, 1.54) is 19.2 Å². The number of likely N-dealkylation sites (tertiary alicyclic amines) is 1. The van der Waals surface area contributed by atoms with E-state index in [2.05, 4.69) is 28.4 Å². The molecule has 0 bridgehead atoms. The second kappa shape index (κ2) is 8.34. The van der Waals surface area contributed by atoms with Gasteiger partial charge in [0.2, 0.25) is 5.91 Å². The monoisotopic (exact) mass is 480 g/mol. The number of anilines is 1. The summed E-state index contributed by atoms with van der Waals surface area (Å²) >= 11 is 0. The number of nitrogens with zero attached hydrogens (tertiary/aromatic N) is 5. The molecule has 4 aromatic rings. The van der Waals surface area contributed by atoms with Crippen LogP contribution in [0.1, 0.15) is 65.7 Å². The number of carbonyl (C=O) groups is 2. The van der Waals surface area contributed by atoms with Gasteiger partial charge in [-0.15, -0.1) is 0 Å². The van der Waals surface area contributed by atoms with Crippen LogP contribution in [0.4, 0.5) is 5.82 Å². The number of ketones is 1. The number of benzene rings is 1. The van der Waals surface area contributed by atoms with Gasteiger partial charge in [0.1, 0.15) is 17.0 Å². The third-order valence-electron chi connectivity index (χ3n) is 6.79. The fourth-order valence-corrected chi connectivity index (χ4v) is 4.73. The van der Waals surface area contributed by atoms with Crippen molar-refractivity contribution in [2.24, 2.45) is 0 Å². The minimum absolute atomic E-state index is 0.126. The standard InChI is InChI=1S/C27H24N6O3/c1-3-23(35)32-11-10-18(14-32)33-25-19(15(2)34)13-29-26(28)24(25)20(31-33)8-4-16-5-9-22-21(12-16)30-27(36-22)17-6-7-17/h3,5,9,12-13,17-18H,1,6-7,10-11,14H2,2H3,(H2,28,29)/t18-/m0/s1. The number of rotatable bonds is 4. The van der Waals surface area contributed by atoms with Gasteiger partial charge in [-0.1, -0.05) is 12.5 Å². The average Bonchev–Trinajstić information content (AvgIpc) is 3.27. The first-order chi connectivity index (χ1) is 17.4. The number of aromatic nitrogens is 4. The third kappa shape index (κ3) is 3.71. The summed E-state index contributed by atoms with van der Waals surface area (Å²) in [5, 5.41) is 5.32. The van der Waals surface area contributed by atoms with E-state index in [-0.39, 0.29) is 23.6 Å². The number of oxazole rings is 1. The van der Waals surface area contributed by atoms with Crippen molar-refractivity contribution in [3.63, 3.8) is 0 Å². The average molecular weight is 481 g/mol. The predicted molar refractivity (Wildman–Crippen MR) is 134 cm³/mol. The number of fused-ring (bicyclic) bond motifs is 2. The number of hydrogen-bond donors (Lipinski definition) is 1. The number of Topliss-reactive ketones (excluding diaryl/α,β-unsaturated/α-hetero) is 1. The zero-order chi connectivity index (χ0) is 25.0. The maximum Gasteiger partial charge on any atom is 0.246 e. The summed E-state index contributed by atoms with van der Waals surface area (Å²) in [6.07, 6.45) is 5.71. The number of nitrogens with two attached hydrogens (primary N) is 1. The topological polar surface area (TPSA) is 120 Å². The largest absolute Gasteiger partial charge is 0.440 e. The Balaban J connectivity index is 1.43. The molecule has 1 saturated carbocycles. The summed E-state index contributed by atoms with van der Waals surface area (Å²) < 4.78 is 7.63. The van der Waals surface area contributed by atoms with Gasteiger partial charge in [-0.3, -0.25) is 14.3 Å². The van der Waals surface area contributed by atoms with Gasteiger partial charge in [0.25, 0.3) is 0 Å². The molecule has 180 valence electrons. The van der Waals surface area contributed by atoms with E-state index in [1.54, 1.807) is 9.58 Å². The smallest absolute Gasteiger partial charge is 0.246 e. The molecule has 3 aromatic heterocycles. The molecule has 2 fully saturated rings. The van der Waals surface area contributed by atoms with Gasteiger partial charge in [-0.25, -0.2) is 9.97 Å². The van der Waals surface area contributed by atoms with Gasteiger partial charge in [-0.2, -0.15) is 5.10 Å². The fraction of sp³-hybridized carbons (Fsp3) is 0.296. The second-order valence-corrected chi connectivity index (χ2v) is 9.32. The Labute approximate surface area is 207 Å². The molecular weight excluding hydrogens is 456 g/mol. The number of hydrogen-bond acceptors (Lipinski definition) is 7. The molecule has 9 nitrogen and oxygen atoms in total. The Morgan fingerprint density at radius 2 is 2.08 bits per heavy atom. The highest BCUT2D eigenvalue weighted by Gasteiger charge is 2.31. The highest BCUT2D eigenvalue weighted by molar-refractivity contribution is 6.09. The first-order valence-corrected chi connectivity index (χ1v) is 11.9. The minimum atomic E-state index is -0.145. The molecule has 1 aliphatic heterocycles. The van der Waals surface area contributed by atoms with Gasteiger partial charge in [-0.05, 0) is 56.4 Å². The summed E-state index contributed by atoms with van der Waals surface area (Å²) in [5.41, 5.74) is 10.0. The van der Waals surface area contributed by atoms with Crippen molar-refractivity contribution >= 4 is 39.5 Å². The van der Waals surface area contributed by atoms with Crippen molar-refractivity contribution in [1.29, 1.82) is 0 Å². The molecule has 1 saturated heterocycles. The van der Waals surface area contributed by atoms with Crippen LogP contribution < -0.4 is 5.73 Å². The molecule has 6 rings (SSSR count). The van der Waals surface area contributed by atoms with Crippen molar-refractivity contribution in [2.75, 3.05) is 18.8 Å². The lowest BCUT2D eigenvalue weighted by Gasteiger charge is -2.16. The molecule has 4 heterocycles. The number of carbonyl (C=O) groups excluding carboxylic acids is 2. The van der Waals surface area contributed by atoms with E-state index >= 15 is 0 Å². The molecular formula is C27H24N6O3. The van der Waals surface area contributed by atoms with Crippen LogP contribution in [0, 0.1) is 11.8 Å². The van der Waals surface area contributed by atoms with E-state index in [0.717, 1.165) is 35.4 Å². The molecule has 36 heavy (non-hydrogen) atoms. The molecule has 1 atom stereocenters.